The second-order valence-electron chi connectivity index (χ2n) is 7.82. The Labute approximate surface area is 171 Å². The molecule has 1 saturated heterocycles. The van der Waals surface area contributed by atoms with Crippen LogP contribution < -0.4 is 0 Å². The zero-order valence-corrected chi connectivity index (χ0v) is 17.0. The van der Waals surface area contributed by atoms with E-state index in [1.165, 1.54) is 5.56 Å². The third-order valence-corrected chi connectivity index (χ3v) is 5.98. The number of phenols is 1. The molecule has 0 unspecified atom stereocenters. The van der Waals surface area contributed by atoms with Gasteiger partial charge in [0.05, 0.1) is 17.8 Å². The maximum Gasteiger partial charge on any atom is 0.227 e. The van der Waals surface area contributed by atoms with Gasteiger partial charge in [-0.3, -0.25) is 4.79 Å². The standard InChI is InChI=1S/C24H27N3O2/c1-17-23(18(2)27(25-17)21-6-4-3-5-7-21)16-24(29)26-14-12-20(13-15-26)19-8-10-22(28)11-9-19/h3-11,20,28H,12-16H2,1-2H3. The fraction of sp³-hybridized carbons (Fsp3) is 0.333. The van der Waals surface area contributed by atoms with Crippen molar-refractivity contribution in [1.29, 1.82) is 0 Å². The smallest absolute Gasteiger partial charge is 0.227 e. The van der Waals surface area contributed by atoms with Crippen LogP contribution in [0.25, 0.3) is 5.69 Å². The molecule has 2 aromatic carbocycles. The highest BCUT2D eigenvalue weighted by atomic mass is 16.3. The molecule has 0 aliphatic carbocycles. The van der Waals surface area contributed by atoms with Crippen LogP contribution in [0.1, 0.15) is 41.3 Å². The van der Waals surface area contributed by atoms with Gasteiger partial charge in [0.2, 0.25) is 5.91 Å². The average molecular weight is 389 g/mol. The zero-order chi connectivity index (χ0) is 20.4. The van der Waals surface area contributed by atoms with E-state index in [9.17, 15) is 9.90 Å². The summed E-state index contributed by atoms with van der Waals surface area (Å²) in [5.41, 5.74) is 5.23. The number of rotatable bonds is 4. The summed E-state index contributed by atoms with van der Waals surface area (Å²) in [5.74, 6) is 0.917. The van der Waals surface area contributed by atoms with Crippen LogP contribution in [0, 0.1) is 13.8 Å². The van der Waals surface area contributed by atoms with Gasteiger partial charge in [0.25, 0.3) is 0 Å². The van der Waals surface area contributed by atoms with E-state index in [4.69, 9.17) is 0 Å². The maximum absolute atomic E-state index is 13.0. The minimum Gasteiger partial charge on any atom is -0.508 e. The van der Waals surface area contributed by atoms with Crippen molar-refractivity contribution in [3.05, 3.63) is 77.1 Å². The highest BCUT2D eigenvalue weighted by Crippen LogP contribution is 2.29. The monoisotopic (exact) mass is 389 g/mol. The average Bonchev–Trinajstić information content (AvgIpc) is 3.03. The van der Waals surface area contributed by atoms with Gasteiger partial charge in [0, 0.05) is 24.3 Å². The van der Waals surface area contributed by atoms with Crippen LogP contribution in [0.3, 0.4) is 0 Å². The quantitative estimate of drug-likeness (QED) is 0.729. The summed E-state index contributed by atoms with van der Waals surface area (Å²) in [6.45, 7) is 5.56. The van der Waals surface area contributed by atoms with E-state index in [1.54, 1.807) is 12.1 Å². The van der Waals surface area contributed by atoms with E-state index in [2.05, 4.69) is 5.10 Å². The van der Waals surface area contributed by atoms with Crippen LogP contribution in [-0.2, 0) is 11.2 Å². The zero-order valence-electron chi connectivity index (χ0n) is 17.0. The predicted octanol–water partition coefficient (Wildman–Crippen LogP) is 4.14. The lowest BCUT2D eigenvalue weighted by atomic mass is 9.89. The molecule has 3 aromatic rings. The molecule has 0 saturated carbocycles. The Morgan fingerprint density at radius 2 is 1.69 bits per heavy atom. The van der Waals surface area contributed by atoms with Gasteiger partial charge < -0.3 is 10.0 Å². The summed E-state index contributed by atoms with van der Waals surface area (Å²) in [6, 6.07) is 17.5. The second kappa shape index (κ2) is 8.11. The van der Waals surface area contributed by atoms with Crippen molar-refractivity contribution < 1.29 is 9.90 Å². The summed E-state index contributed by atoms with van der Waals surface area (Å²) in [6.07, 6.45) is 2.31. The first-order chi connectivity index (χ1) is 14.0. The Morgan fingerprint density at radius 1 is 1.03 bits per heavy atom. The first kappa shape index (κ1) is 19.2. The van der Waals surface area contributed by atoms with E-state index in [-0.39, 0.29) is 5.91 Å². The fourth-order valence-corrected chi connectivity index (χ4v) is 4.22. The Hall–Kier alpha value is -3.08. The molecule has 1 aromatic heterocycles. The molecule has 1 N–H and O–H groups in total. The molecule has 0 bridgehead atoms. The molecular weight excluding hydrogens is 362 g/mol. The van der Waals surface area contributed by atoms with Gasteiger partial charge >= 0.3 is 0 Å². The number of nitrogens with zero attached hydrogens (tertiary/aromatic N) is 3. The molecular formula is C24H27N3O2. The van der Waals surface area contributed by atoms with Gasteiger partial charge in [-0.15, -0.1) is 0 Å². The molecule has 5 heteroatoms. The summed E-state index contributed by atoms with van der Waals surface area (Å²) < 4.78 is 1.93. The molecule has 0 radical (unpaired) electrons. The largest absolute Gasteiger partial charge is 0.508 e. The van der Waals surface area contributed by atoms with Gasteiger partial charge in [0.15, 0.2) is 0 Å². The van der Waals surface area contributed by atoms with Crippen molar-refractivity contribution in [2.24, 2.45) is 0 Å². The van der Waals surface area contributed by atoms with Crippen LogP contribution in [0.4, 0.5) is 0 Å². The van der Waals surface area contributed by atoms with Crippen LogP contribution in [0.15, 0.2) is 54.6 Å². The number of carbonyl (C=O) groups excluding carboxylic acids is 1. The Morgan fingerprint density at radius 3 is 2.34 bits per heavy atom. The van der Waals surface area contributed by atoms with Crippen molar-refractivity contribution >= 4 is 5.91 Å². The van der Waals surface area contributed by atoms with Gasteiger partial charge in [-0.1, -0.05) is 30.3 Å². The van der Waals surface area contributed by atoms with Gasteiger partial charge in [-0.05, 0) is 62.4 Å². The van der Waals surface area contributed by atoms with Crippen molar-refractivity contribution in [3.63, 3.8) is 0 Å². The number of amides is 1. The lowest BCUT2D eigenvalue weighted by Gasteiger charge is -2.32. The van der Waals surface area contributed by atoms with Crippen molar-refractivity contribution in [2.75, 3.05) is 13.1 Å². The van der Waals surface area contributed by atoms with Crippen molar-refractivity contribution in [2.45, 2.75) is 39.0 Å². The summed E-state index contributed by atoms with van der Waals surface area (Å²) in [4.78, 5) is 14.9. The Balaban J connectivity index is 1.42. The number of hydrogen-bond donors (Lipinski definition) is 1. The second-order valence-corrected chi connectivity index (χ2v) is 7.82. The van der Waals surface area contributed by atoms with Crippen molar-refractivity contribution in [3.8, 4) is 11.4 Å². The molecule has 0 atom stereocenters. The van der Waals surface area contributed by atoms with E-state index in [0.717, 1.165) is 48.6 Å². The minimum absolute atomic E-state index is 0.174. The predicted molar refractivity (Wildman–Crippen MR) is 113 cm³/mol. The number of aryl methyl sites for hydroxylation is 1. The summed E-state index contributed by atoms with van der Waals surface area (Å²) >= 11 is 0. The number of para-hydroxylation sites is 1. The van der Waals surface area contributed by atoms with Gasteiger partial charge in [0.1, 0.15) is 5.75 Å². The SMILES string of the molecule is Cc1nn(-c2ccccc2)c(C)c1CC(=O)N1CCC(c2ccc(O)cc2)CC1. The first-order valence-electron chi connectivity index (χ1n) is 10.2. The lowest BCUT2D eigenvalue weighted by Crippen LogP contribution is -2.38. The first-order valence-corrected chi connectivity index (χ1v) is 10.2. The van der Waals surface area contributed by atoms with E-state index >= 15 is 0 Å². The fourth-order valence-electron chi connectivity index (χ4n) is 4.22. The number of phenolic OH excluding ortho intramolecular Hbond substituents is 1. The molecule has 1 amide bonds. The third-order valence-electron chi connectivity index (χ3n) is 5.98. The highest BCUT2D eigenvalue weighted by molar-refractivity contribution is 5.79. The van der Waals surface area contributed by atoms with E-state index in [0.29, 0.717) is 18.1 Å². The summed E-state index contributed by atoms with van der Waals surface area (Å²) in [5, 5.41) is 14.1. The molecule has 1 aliphatic rings. The molecule has 2 heterocycles. The van der Waals surface area contributed by atoms with E-state index in [1.807, 2.05) is 65.9 Å². The topological polar surface area (TPSA) is 58.4 Å². The van der Waals surface area contributed by atoms with Crippen molar-refractivity contribution in [1.82, 2.24) is 14.7 Å². The number of aromatic hydroxyl groups is 1. The third kappa shape index (κ3) is 4.04. The van der Waals surface area contributed by atoms with E-state index < -0.39 is 0 Å². The van der Waals surface area contributed by atoms with Crippen LogP contribution in [0.5, 0.6) is 5.75 Å². The highest BCUT2D eigenvalue weighted by Gasteiger charge is 2.25. The Kier molecular flexibility index (Phi) is 5.38. The summed E-state index contributed by atoms with van der Waals surface area (Å²) in [7, 11) is 0. The van der Waals surface area contributed by atoms with Gasteiger partial charge in [-0.25, -0.2) is 4.68 Å². The number of hydrogen-bond acceptors (Lipinski definition) is 3. The molecule has 4 rings (SSSR count). The number of carbonyl (C=O) groups is 1. The van der Waals surface area contributed by atoms with Gasteiger partial charge in [-0.2, -0.15) is 5.10 Å². The number of piperidine rings is 1. The number of likely N-dealkylation sites (tertiary alicyclic amines) is 1. The van der Waals surface area contributed by atoms with Crippen LogP contribution in [0.2, 0.25) is 0 Å². The molecule has 0 spiro atoms. The lowest BCUT2D eigenvalue weighted by molar-refractivity contribution is -0.131. The molecule has 1 aliphatic heterocycles. The number of aromatic nitrogens is 2. The maximum atomic E-state index is 13.0. The normalized spacial score (nSPS) is 14.9. The minimum atomic E-state index is 0.174. The molecule has 29 heavy (non-hydrogen) atoms. The van der Waals surface area contributed by atoms with Crippen LogP contribution >= 0.6 is 0 Å². The Bertz CT molecular complexity index is 985. The van der Waals surface area contributed by atoms with Crippen LogP contribution in [-0.4, -0.2) is 38.8 Å². The number of benzene rings is 2. The molecule has 150 valence electrons. The molecule has 1 fully saturated rings. The molecule has 5 nitrogen and oxygen atoms in total.